The Hall–Kier alpha value is -3.32. The molecule has 1 aromatic carbocycles. The lowest BCUT2D eigenvalue weighted by Crippen LogP contribution is -2.39. The summed E-state index contributed by atoms with van der Waals surface area (Å²) in [6.07, 6.45) is 5.18. The Morgan fingerprint density at radius 1 is 1.23 bits per heavy atom. The van der Waals surface area contributed by atoms with Gasteiger partial charge in [0.2, 0.25) is 0 Å². The molecule has 0 saturated carbocycles. The van der Waals surface area contributed by atoms with E-state index in [4.69, 9.17) is 4.74 Å². The van der Waals surface area contributed by atoms with Gasteiger partial charge < -0.3 is 4.74 Å². The molecule has 0 N–H and O–H groups in total. The van der Waals surface area contributed by atoms with Gasteiger partial charge in [-0.3, -0.25) is 14.3 Å². The largest absolute Gasteiger partial charge is 0.466 e. The molecule has 3 aromatic rings. The van der Waals surface area contributed by atoms with E-state index in [1.165, 1.54) is 24.0 Å². The summed E-state index contributed by atoms with van der Waals surface area (Å²) in [5.41, 5.74) is 3.59. The Bertz CT molecular complexity index is 1330. The Labute approximate surface area is 183 Å². The molecule has 7 heteroatoms. The second kappa shape index (κ2) is 8.43. The fraction of sp³-hybridized carbons (Fsp3) is 0.250. The standard InChI is InChI=1S/C24H23N3O3S/c1-14(2)17-7-9-18(10-8-17)21-20(23(29)30-4)15(3)26-24-27(21)22(28)19(31-24)12-16-6-5-11-25-13-16/h5-14,21H,1-4H3/b19-12-. The van der Waals surface area contributed by atoms with E-state index < -0.39 is 12.0 Å². The van der Waals surface area contributed by atoms with Gasteiger partial charge in [0, 0.05) is 12.4 Å². The number of esters is 1. The van der Waals surface area contributed by atoms with Crippen molar-refractivity contribution in [2.24, 2.45) is 4.99 Å². The zero-order valence-corrected chi connectivity index (χ0v) is 18.6. The lowest BCUT2D eigenvalue weighted by Gasteiger charge is -2.24. The highest BCUT2D eigenvalue weighted by molar-refractivity contribution is 7.07. The average Bonchev–Trinajstić information content (AvgIpc) is 3.07. The number of carbonyl (C=O) groups excluding carboxylic acids is 1. The third kappa shape index (κ3) is 3.88. The summed E-state index contributed by atoms with van der Waals surface area (Å²) >= 11 is 1.30. The summed E-state index contributed by atoms with van der Waals surface area (Å²) in [6, 6.07) is 11.1. The van der Waals surface area contributed by atoms with Gasteiger partial charge in [-0.05, 0) is 41.7 Å². The Balaban J connectivity index is 1.95. The van der Waals surface area contributed by atoms with Crippen LogP contribution in [-0.2, 0) is 9.53 Å². The average molecular weight is 434 g/mol. The highest BCUT2D eigenvalue weighted by Gasteiger charge is 2.33. The number of benzene rings is 1. The van der Waals surface area contributed by atoms with Crippen molar-refractivity contribution in [3.8, 4) is 0 Å². The van der Waals surface area contributed by atoms with E-state index in [9.17, 15) is 9.59 Å². The molecule has 0 fully saturated rings. The number of aromatic nitrogens is 2. The molecule has 31 heavy (non-hydrogen) atoms. The van der Waals surface area contributed by atoms with Crippen LogP contribution in [0.4, 0.5) is 0 Å². The lowest BCUT2D eigenvalue weighted by atomic mass is 9.93. The van der Waals surface area contributed by atoms with Gasteiger partial charge in [-0.15, -0.1) is 0 Å². The first-order valence-electron chi connectivity index (χ1n) is 10.0. The van der Waals surface area contributed by atoms with Gasteiger partial charge in [0.1, 0.15) is 0 Å². The Morgan fingerprint density at radius 3 is 2.58 bits per heavy atom. The van der Waals surface area contributed by atoms with Crippen LogP contribution in [0.1, 0.15) is 49.4 Å². The van der Waals surface area contributed by atoms with Gasteiger partial charge in [0.05, 0.1) is 29.0 Å². The number of rotatable bonds is 4. The van der Waals surface area contributed by atoms with Gasteiger partial charge >= 0.3 is 5.97 Å². The number of hydrogen-bond acceptors (Lipinski definition) is 6. The summed E-state index contributed by atoms with van der Waals surface area (Å²) in [6.45, 7) is 6.03. The van der Waals surface area contributed by atoms with Crippen LogP contribution in [0.15, 0.2) is 69.8 Å². The molecule has 158 valence electrons. The summed E-state index contributed by atoms with van der Waals surface area (Å²) in [4.78, 5) is 35.3. The first-order valence-corrected chi connectivity index (χ1v) is 10.8. The number of ether oxygens (including phenoxy) is 1. The minimum absolute atomic E-state index is 0.195. The molecule has 0 aliphatic carbocycles. The van der Waals surface area contributed by atoms with Gasteiger partial charge in [-0.1, -0.05) is 55.5 Å². The number of thiazole rings is 1. The summed E-state index contributed by atoms with van der Waals surface area (Å²) in [5.74, 6) is -0.103. The molecule has 2 aromatic heterocycles. The minimum atomic E-state index is -0.596. The van der Waals surface area contributed by atoms with Crippen LogP contribution in [0, 0.1) is 0 Å². The van der Waals surface area contributed by atoms with Gasteiger partial charge in [0.25, 0.3) is 5.56 Å². The van der Waals surface area contributed by atoms with E-state index in [0.29, 0.717) is 26.5 Å². The monoisotopic (exact) mass is 433 g/mol. The van der Waals surface area contributed by atoms with E-state index in [-0.39, 0.29) is 5.56 Å². The van der Waals surface area contributed by atoms with Crippen LogP contribution in [0.5, 0.6) is 0 Å². The number of hydrogen-bond donors (Lipinski definition) is 0. The number of fused-ring (bicyclic) bond motifs is 1. The Kier molecular flexibility index (Phi) is 5.69. The molecule has 1 unspecified atom stereocenters. The highest BCUT2D eigenvalue weighted by Crippen LogP contribution is 2.31. The van der Waals surface area contributed by atoms with Crippen LogP contribution < -0.4 is 14.9 Å². The van der Waals surface area contributed by atoms with Crippen LogP contribution >= 0.6 is 11.3 Å². The fourth-order valence-electron chi connectivity index (χ4n) is 3.68. The molecule has 0 saturated heterocycles. The first kappa shape index (κ1) is 20.9. The molecule has 0 radical (unpaired) electrons. The SMILES string of the molecule is COC(=O)C1=C(C)N=c2s/c(=C\c3cccnc3)c(=O)n2C1c1ccc(C(C)C)cc1. The molecule has 0 amide bonds. The molecule has 1 aliphatic heterocycles. The fourth-order valence-corrected chi connectivity index (χ4v) is 4.73. The van der Waals surface area contributed by atoms with Crippen molar-refractivity contribution < 1.29 is 9.53 Å². The summed E-state index contributed by atoms with van der Waals surface area (Å²) in [5, 5.41) is 0. The van der Waals surface area contributed by atoms with Crippen LogP contribution in [-0.4, -0.2) is 22.6 Å². The van der Waals surface area contributed by atoms with Gasteiger partial charge in [0.15, 0.2) is 4.80 Å². The van der Waals surface area contributed by atoms with Crippen LogP contribution in [0.25, 0.3) is 6.08 Å². The quantitative estimate of drug-likeness (QED) is 0.593. The molecule has 6 nitrogen and oxygen atoms in total. The van der Waals surface area contributed by atoms with Crippen molar-refractivity contribution >= 4 is 23.4 Å². The third-order valence-corrected chi connectivity index (χ3v) is 6.31. The van der Waals surface area contributed by atoms with Crippen LogP contribution in [0.3, 0.4) is 0 Å². The maximum atomic E-state index is 13.4. The van der Waals surface area contributed by atoms with Crippen molar-refractivity contribution in [2.45, 2.75) is 32.7 Å². The normalized spacial score (nSPS) is 16.3. The summed E-state index contributed by atoms with van der Waals surface area (Å²) < 4.78 is 7.18. The predicted molar refractivity (Wildman–Crippen MR) is 121 cm³/mol. The van der Waals surface area contributed by atoms with Crippen LogP contribution in [0.2, 0.25) is 0 Å². The van der Waals surface area contributed by atoms with E-state index in [1.807, 2.05) is 36.4 Å². The third-order valence-electron chi connectivity index (χ3n) is 5.33. The highest BCUT2D eigenvalue weighted by atomic mass is 32.1. The van der Waals surface area contributed by atoms with Crippen molar-refractivity contribution in [1.29, 1.82) is 0 Å². The maximum absolute atomic E-state index is 13.4. The molecule has 0 spiro atoms. The van der Waals surface area contributed by atoms with E-state index in [2.05, 4.69) is 23.8 Å². The molecule has 3 heterocycles. The van der Waals surface area contributed by atoms with Gasteiger partial charge in [-0.2, -0.15) is 0 Å². The topological polar surface area (TPSA) is 73.6 Å². The zero-order chi connectivity index (χ0) is 22.1. The second-order valence-electron chi connectivity index (χ2n) is 7.68. The molecule has 1 aliphatic rings. The number of nitrogens with zero attached hydrogens (tertiary/aromatic N) is 3. The molecule has 0 bridgehead atoms. The maximum Gasteiger partial charge on any atom is 0.338 e. The summed E-state index contributed by atoms with van der Waals surface area (Å²) in [7, 11) is 1.34. The van der Waals surface area contributed by atoms with Crippen molar-refractivity contribution in [3.05, 3.63) is 96.4 Å². The Morgan fingerprint density at radius 2 is 1.97 bits per heavy atom. The van der Waals surface area contributed by atoms with Crippen molar-refractivity contribution in [2.75, 3.05) is 7.11 Å². The number of allylic oxidation sites excluding steroid dienone is 1. The molecular weight excluding hydrogens is 410 g/mol. The minimum Gasteiger partial charge on any atom is -0.466 e. The molecular formula is C24H23N3O3S. The predicted octanol–water partition coefficient (Wildman–Crippen LogP) is 2.93. The smallest absolute Gasteiger partial charge is 0.338 e. The van der Waals surface area contributed by atoms with Crippen molar-refractivity contribution in [3.63, 3.8) is 0 Å². The van der Waals surface area contributed by atoms with E-state index >= 15 is 0 Å². The lowest BCUT2D eigenvalue weighted by molar-refractivity contribution is -0.136. The van der Waals surface area contributed by atoms with Gasteiger partial charge in [-0.25, -0.2) is 9.79 Å². The van der Waals surface area contributed by atoms with Crippen molar-refractivity contribution in [1.82, 2.24) is 9.55 Å². The van der Waals surface area contributed by atoms with E-state index in [0.717, 1.165) is 11.1 Å². The number of pyridine rings is 1. The number of carbonyl (C=O) groups is 1. The van der Waals surface area contributed by atoms with E-state index in [1.54, 1.807) is 30.0 Å². The zero-order valence-electron chi connectivity index (χ0n) is 17.8. The molecule has 1 atom stereocenters. The second-order valence-corrected chi connectivity index (χ2v) is 8.69. The molecule has 4 rings (SSSR count). The first-order chi connectivity index (χ1) is 14.9. The number of methoxy groups -OCH3 is 1.